The minimum Gasteiger partial charge on any atom is -0.504 e. The van der Waals surface area contributed by atoms with Gasteiger partial charge in [-0.2, -0.15) is 10.5 Å². The third-order valence-electron chi connectivity index (χ3n) is 2.67. The molecule has 0 aromatic heterocycles. The number of hydrogen-bond acceptors (Lipinski definition) is 7. The van der Waals surface area contributed by atoms with Crippen LogP contribution in [0.2, 0.25) is 0 Å². The summed E-state index contributed by atoms with van der Waals surface area (Å²) < 4.78 is 0. The molecule has 7 nitrogen and oxygen atoms in total. The predicted octanol–water partition coefficient (Wildman–Crippen LogP) is 1.99. The zero-order chi connectivity index (χ0) is 16.1. The van der Waals surface area contributed by atoms with Crippen molar-refractivity contribution < 1.29 is 24.8 Å². The maximum Gasteiger partial charge on any atom is 0.386 e. The van der Waals surface area contributed by atoms with Crippen LogP contribution >= 0.6 is 0 Å². The first-order valence-electron chi connectivity index (χ1n) is 5.91. The van der Waals surface area contributed by atoms with Gasteiger partial charge in [0, 0.05) is 6.07 Å². The van der Waals surface area contributed by atoms with Crippen molar-refractivity contribution in [1.82, 2.24) is 0 Å². The number of hydrogen-bond donors (Lipinski definition) is 2. The predicted molar refractivity (Wildman–Crippen MR) is 71.7 cm³/mol. The van der Waals surface area contributed by atoms with Crippen LogP contribution in [0.1, 0.15) is 21.5 Å². The summed E-state index contributed by atoms with van der Waals surface area (Å²) in [6.45, 7) is 0. The molecule has 0 atom stereocenters. The fraction of sp³-hybridized carbons (Fsp3) is 0. The molecule has 0 unspecified atom stereocenters. The molecular formula is C15H8N2O5. The molecular weight excluding hydrogens is 288 g/mol. The summed E-state index contributed by atoms with van der Waals surface area (Å²) in [6, 6.07) is 12.0. The molecule has 0 saturated heterocycles. The van der Waals surface area contributed by atoms with Crippen molar-refractivity contribution in [2.75, 3.05) is 0 Å². The molecule has 2 N–H and O–H groups in total. The number of aromatic hydroxyl groups is 2. The number of phenolic OH excluding ortho intramolecular Hbond substituents is 2. The van der Waals surface area contributed by atoms with E-state index in [1.165, 1.54) is 12.1 Å². The van der Waals surface area contributed by atoms with E-state index in [4.69, 9.17) is 15.4 Å². The second kappa shape index (κ2) is 6.16. The Labute approximate surface area is 124 Å². The molecule has 0 heterocycles. The van der Waals surface area contributed by atoms with Gasteiger partial charge in [0.2, 0.25) is 5.75 Å². The van der Waals surface area contributed by atoms with Gasteiger partial charge in [0.15, 0.2) is 11.5 Å². The van der Waals surface area contributed by atoms with Crippen LogP contribution in [0.5, 0.6) is 17.2 Å². The largest absolute Gasteiger partial charge is 0.504 e. The lowest BCUT2D eigenvalue weighted by Crippen LogP contribution is -2.09. The topological polar surface area (TPSA) is 124 Å². The Morgan fingerprint density at radius 1 is 1.09 bits per heavy atom. The molecule has 0 spiro atoms. The van der Waals surface area contributed by atoms with E-state index < -0.39 is 28.8 Å². The average Bonchev–Trinajstić information content (AvgIpc) is 2.55. The number of nitriles is 2. The van der Waals surface area contributed by atoms with Crippen molar-refractivity contribution >= 4 is 5.97 Å². The van der Waals surface area contributed by atoms with Gasteiger partial charge < -0.3 is 10.2 Å². The Morgan fingerprint density at radius 3 is 2.36 bits per heavy atom. The van der Waals surface area contributed by atoms with E-state index >= 15 is 0 Å². The van der Waals surface area contributed by atoms with Crippen LogP contribution in [-0.4, -0.2) is 16.2 Å². The highest BCUT2D eigenvalue weighted by molar-refractivity contribution is 5.88. The van der Waals surface area contributed by atoms with Crippen LogP contribution in [0.25, 0.3) is 0 Å². The molecule has 2 rings (SSSR count). The quantitative estimate of drug-likeness (QED) is 0.504. The Bertz CT molecular complexity index is 803. The molecule has 0 radical (unpaired) electrons. The Morgan fingerprint density at radius 2 is 1.77 bits per heavy atom. The van der Waals surface area contributed by atoms with Crippen LogP contribution in [0, 0.1) is 22.7 Å². The highest BCUT2D eigenvalue weighted by atomic mass is 17.2. The van der Waals surface area contributed by atoms with Crippen molar-refractivity contribution in [2.24, 2.45) is 0 Å². The average molecular weight is 296 g/mol. The number of phenols is 2. The number of carbonyl (C=O) groups excluding carboxylic acids is 1. The molecule has 2 aromatic carbocycles. The van der Waals surface area contributed by atoms with Gasteiger partial charge in [-0.25, -0.2) is 9.68 Å². The molecule has 0 amide bonds. The standard InChI is InChI=1S/C15H8N2O5/c16-7-10-6-12(18)13(19)11(8-17)14(10)21-22-15(20)9-4-2-1-3-5-9/h1-6,18-19H. The lowest BCUT2D eigenvalue weighted by molar-refractivity contribution is -0.150. The zero-order valence-electron chi connectivity index (χ0n) is 11.0. The van der Waals surface area contributed by atoms with Gasteiger partial charge >= 0.3 is 5.97 Å². The maximum absolute atomic E-state index is 11.7. The fourth-order valence-corrected chi connectivity index (χ4v) is 1.62. The number of carbonyl (C=O) groups is 1. The van der Waals surface area contributed by atoms with Gasteiger partial charge in [0.1, 0.15) is 23.3 Å². The lowest BCUT2D eigenvalue weighted by atomic mass is 10.1. The maximum atomic E-state index is 11.7. The van der Waals surface area contributed by atoms with E-state index in [0.29, 0.717) is 0 Å². The van der Waals surface area contributed by atoms with Crippen molar-refractivity contribution in [1.29, 1.82) is 10.5 Å². The summed E-state index contributed by atoms with van der Waals surface area (Å²) >= 11 is 0. The molecule has 0 aliphatic carbocycles. The highest BCUT2D eigenvalue weighted by Gasteiger charge is 2.21. The Kier molecular flexibility index (Phi) is 4.11. The molecule has 7 heteroatoms. The molecule has 0 fully saturated rings. The monoisotopic (exact) mass is 296 g/mol. The summed E-state index contributed by atoms with van der Waals surface area (Å²) in [7, 11) is 0. The van der Waals surface area contributed by atoms with E-state index in [-0.39, 0.29) is 11.1 Å². The minimum absolute atomic E-state index is 0.197. The van der Waals surface area contributed by atoms with Gasteiger partial charge in [-0.3, -0.25) is 4.89 Å². The van der Waals surface area contributed by atoms with Gasteiger partial charge in [-0.05, 0) is 12.1 Å². The smallest absolute Gasteiger partial charge is 0.386 e. The van der Waals surface area contributed by atoms with Gasteiger partial charge in [-0.15, -0.1) is 0 Å². The fourth-order valence-electron chi connectivity index (χ4n) is 1.62. The van der Waals surface area contributed by atoms with E-state index in [0.717, 1.165) is 6.07 Å². The summed E-state index contributed by atoms with van der Waals surface area (Å²) in [5, 5.41) is 36.9. The molecule has 0 bridgehead atoms. The van der Waals surface area contributed by atoms with Crippen LogP contribution in [0.4, 0.5) is 0 Å². The minimum atomic E-state index is -0.846. The summed E-state index contributed by atoms with van der Waals surface area (Å²) in [4.78, 5) is 21.0. The van der Waals surface area contributed by atoms with Crippen LogP contribution in [0.3, 0.4) is 0 Å². The van der Waals surface area contributed by atoms with Crippen molar-refractivity contribution in [3.8, 4) is 29.4 Å². The Balaban J connectivity index is 2.31. The SMILES string of the molecule is N#Cc1cc(O)c(O)c(C#N)c1OOC(=O)c1ccccc1. The lowest BCUT2D eigenvalue weighted by Gasteiger charge is -2.09. The molecule has 2 aromatic rings. The molecule has 108 valence electrons. The van der Waals surface area contributed by atoms with Crippen LogP contribution in [0.15, 0.2) is 36.4 Å². The molecule has 0 aliphatic heterocycles. The Hall–Kier alpha value is -3.71. The first-order chi connectivity index (χ1) is 10.6. The zero-order valence-corrected chi connectivity index (χ0v) is 11.0. The van der Waals surface area contributed by atoms with E-state index in [2.05, 4.69) is 4.89 Å². The highest BCUT2D eigenvalue weighted by Crippen LogP contribution is 2.38. The van der Waals surface area contributed by atoms with E-state index in [9.17, 15) is 15.0 Å². The van der Waals surface area contributed by atoms with Gasteiger partial charge in [0.05, 0.1) is 5.56 Å². The van der Waals surface area contributed by atoms with Crippen LogP contribution < -0.4 is 4.89 Å². The van der Waals surface area contributed by atoms with Gasteiger partial charge in [0.25, 0.3) is 0 Å². The molecule has 22 heavy (non-hydrogen) atoms. The van der Waals surface area contributed by atoms with Crippen molar-refractivity contribution in [3.05, 3.63) is 53.1 Å². The third kappa shape index (κ3) is 2.74. The number of rotatable bonds is 3. The molecule has 0 aliphatic rings. The first kappa shape index (κ1) is 14.7. The van der Waals surface area contributed by atoms with Gasteiger partial charge in [-0.1, -0.05) is 18.2 Å². The van der Waals surface area contributed by atoms with E-state index in [1.54, 1.807) is 30.3 Å². The second-order valence-corrected chi connectivity index (χ2v) is 4.04. The summed E-state index contributed by atoms with van der Waals surface area (Å²) in [5.41, 5.74) is -0.590. The van der Waals surface area contributed by atoms with Crippen LogP contribution in [-0.2, 0) is 4.89 Å². The first-order valence-corrected chi connectivity index (χ1v) is 5.91. The third-order valence-corrected chi connectivity index (χ3v) is 2.67. The summed E-state index contributed by atoms with van der Waals surface area (Å²) in [6.07, 6.45) is 0. The van der Waals surface area contributed by atoms with Crippen molar-refractivity contribution in [2.45, 2.75) is 0 Å². The van der Waals surface area contributed by atoms with Crippen molar-refractivity contribution in [3.63, 3.8) is 0 Å². The normalized spacial score (nSPS) is 9.36. The molecule has 0 saturated carbocycles. The van der Waals surface area contributed by atoms with E-state index in [1.807, 2.05) is 0 Å². The second-order valence-electron chi connectivity index (χ2n) is 4.04. The number of nitrogens with zero attached hydrogens (tertiary/aromatic N) is 2. The summed E-state index contributed by atoms with van der Waals surface area (Å²) in [5.74, 6) is -2.73. The number of benzene rings is 2.